The summed E-state index contributed by atoms with van der Waals surface area (Å²) in [6, 6.07) is 46.7. The Morgan fingerprint density at radius 2 is 0.784 bits per heavy atom. The van der Waals surface area contributed by atoms with Gasteiger partial charge in [-0.2, -0.15) is 0 Å². The van der Waals surface area contributed by atoms with Gasteiger partial charge in [0.05, 0.1) is 68.7 Å². The van der Waals surface area contributed by atoms with Crippen molar-refractivity contribution in [2.75, 3.05) is 106 Å². The van der Waals surface area contributed by atoms with Gasteiger partial charge in [0.2, 0.25) is 0 Å². The van der Waals surface area contributed by atoms with Gasteiger partial charge in [-0.3, -0.25) is 0 Å². The van der Waals surface area contributed by atoms with E-state index in [1.54, 1.807) is 49.6 Å². The Labute approximate surface area is 735 Å². The van der Waals surface area contributed by atoms with Crippen LogP contribution < -0.4 is 30.7 Å². The molecule has 10 N–H and O–H groups in total. The lowest BCUT2D eigenvalue weighted by molar-refractivity contribution is 0.208. The summed E-state index contributed by atoms with van der Waals surface area (Å²) in [4.78, 5) is 64.3. The second-order valence-corrected chi connectivity index (χ2v) is 35.0. The number of aromatic hydroxyl groups is 5. The van der Waals surface area contributed by atoms with Gasteiger partial charge in [-0.05, 0) is 213 Å². The second kappa shape index (κ2) is 42.0. The van der Waals surface area contributed by atoms with Crippen LogP contribution in [0.25, 0.3) is 56.9 Å². The maximum atomic E-state index is 10.3. The zero-order valence-electron chi connectivity index (χ0n) is 74.1. The lowest BCUT2D eigenvalue weighted by Gasteiger charge is -2.36. The number of benzene rings is 6. The molecule has 7 heterocycles. The van der Waals surface area contributed by atoms with Crippen LogP contribution in [0.4, 0.5) is 29.1 Å². The normalized spacial score (nSPS) is 17.7. The molecule has 0 spiro atoms. The van der Waals surface area contributed by atoms with Crippen molar-refractivity contribution in [3.05, 3.63) is 232 Å². The molecule has 5 aliphatic carbocycles. The second-order valence-electron chi connectivity index (χ2n) is 35.0. The van der Waals surface area contributed by atoms with Gasteiger partial charge in [0.15, 0.2) is 29.1 Å². The number of aromatic nitrogens is 12. The number of phenolic OH excluding ortho intramolecular Hbond substituents is 5. The van der Waals surface area contributed by atoms with Crippen LogP contribution in [0.3, 0.4) is 0 Å². The van der Waals surface area contributed by atoms with Gasteiger partial charge in [0.25, 0.3) is 0 Å². The van der Waals surface area contributed by atoms with Crippen LogP contribution >= 0.6 is 0 Å². The standard InChI is InChI=1S/C23H25N3O.C20H23N5O.C20H26N4O.C19H26N4O.C18H23N3O2/c1-16-12-13-18-20(14-16)24-22(19-10-6-7-11-21(19)27)25-23(18)26(2)15-17-8-4-3-5-9-17;1-13-6-7-15-17(10-13)24-20(16-4-2-3-5-18(16)26)25-19(15)22-9-8-14-11-21-12-23-14;1-14-7-8-15-17(13-14)21-19(16-5-3-4-6-18(16)25)22-20(15)24-11-9-23(2)10-12-24;1-13-8-9-14-16(12-13)21-18(15-6-4-5-7-17(15)24)22-19(14)23(3)11-10-20-2;1-11-7-8-13-15(9-11)20-18(14-5-3-4-6-16(14)23)21-17(13)19-10-12(2)22/h3-11,16,27H,12-15H2,1-2H3;2-5,11-13,26H,6-10H2,1H3,(H,21,23)(H,22,24,25);3-6,14,25H,7-13H2,1-2H3;4-7,13,20,24H,8-12H2,1-3H3;3-6,11-12,22-23H,7-10H2,1-2H3,(H,19,20,21). The van der Waals surface area contributed by atoms with Gasteiger partial charge in [-0.15, -0.1) is 0 Å². The predicted molar refractivity (Wildman–Crippen MR) is 498 cm³/mol. The Kier molecular flexibility index (Phi) is 29.9. The fourth-order valence-corrected chi connectivity index (χ4v) is 17.3. The molecular weight excluding hydrogens is 1560 g/mol. The number of para-hydroxylation sites is 5. The number of aliphatic hydroxyl groups excluding tert-OH is 1. The van der Waals surface area contributed by atoms with E-state index >= 15 is 0 Å². The van der Waals surface area contributed by atoms with E-state index in [1.165, 1.54) is 52.8 Å². The minimum Gasteiger partial charge on any atom is -0.507 e. The van der Waals surface area contributed by atoms with Crippen molar-refractivity contribution >= 4 is 29.1 Å². The first-order chi connectivity index (χ1) is 60.6. The number of fused-ring (bicyclic) bond motifs is 5. The van der Waals surface area contributed by atoms with Crippen LogP contribution in [-0.2, 0) is 77.2 Å². The third-order valence-corrected chi connectivity index (χ3v) is 24.6. The van der Waals surface area contributed by atoms with E-state index in [1.807, 2.05) is 104 Å². The van der Waals surface area contributed by atoms with E-state index in [0.717, 1.165) is 205 Å². The van der Waals surface area contributed by atoms with Crippen molar-refractivity contribution in [3.63, 3.8) is 0 Å². The van der Waals surface area contributed by atoms with Crippen molar-refractivity contribution in [1.29, 1.82) is 0 Å². The number of anilines is 5. The van der Waals surface area contributed by atoms with E-state index in [9.17, 15) is 30.6 Å². The fourth-order valence-electron chi connectivity index (χ4n) is 17.3. The molecule has 0 bridgehead atoms. The molecule has 12 aromatic rings. The number of aliphatic hydroxyl groups is 1. The highest BCUT2D eigenvalue weighted by atomic mass is 16.3. The van der Waals surface area contributed by atoms with E-state index in [0.29, 0.717) is 87.5 Å². The molecule has 6 aromatic carbocycles. The average molecular weight is 1690 g/mol. The van der Waals surface area contributed by atoms with Crippen LogP contribution in [-0.4, -0.2) is 182 Å². The topological polar surface area (TPSA) is 328 Å². The summed E-state index contributed by atoms with van der Waals surface area (Å²) in [6.07, 6.45) is 19.6. The number of H-pyrrole nitrogens is 1. The van der Waals surface area contributed by atoms with E-state index in [-0.39, 0.29) is 28.7 Å². The molecule has 25 heteroatoms. The molecule has 0 saturated carbocycles. The molecule has 654 valence electrons. The number of aromatic amines is 1. The summed E-state index contributed by atoms with van der Waals surface area (Å²) < 4.78 is 0. The lowest BCUT2D eigenvalue weighted by Crippen LogP contribution is -2.45. The van der Waals surface area contributed by atoms with Crippen molar-refractivity contribution < 1.29 is 30.6 Å². The Morgan fingerprint density at radius 3 is 1.18 bits per heavy atom. The Morgan fingerprint density at radius 1 is 0.424 bits per heavy atom. The molecule has 6 unspecified atom stereocenters. The number of hydrogen-bond acceptors (Lipinski definition) is 24. The predicted octanol–water partition coefficient (Wildman–Crippen LogP) is 16.1. The first-order valence-electron chi connectivity index (χ1n) is 44.7. The summed E-state index contributed by atoms with van der Waals surface area (Å²) in [7, 11) is 8.29. The molecule has 125 heavy (non-hydrogen) atoms. The first-order valence-corrected chi connectivity index (χ1v) is 44.7. The molecule has 0 amide bonds. The zero-order valence-corrected chi connectivity index (χ0v) is 74.1. The largest absolute Gasteiger partial charge is 0.507 e. The van der Waals surface area contributed by atoms with Gasteiger partial charge in [0, 0.05) is 119 Å². The zero-order chi connectivity index (χ0) is 87.6. The molecule has 18 rings (SSSR count). The van der Waals surface area contributed by atoms with E-state index in [2.05, 4.69) is 131 Å². The van der Waals surface area contributed by atoms with E-state index < -0.39 is 6.10 Å². The van der Waals surface area contributed by atoms with Gasteiger partial charge in [-0.25, -0.2) is 54.8 Å². The Balaban J connectivity index is 0.000000127. The minimum absolute atomic E-state index is 0.179. The number of imidazole rings is 1. The highest BCUT2D eigenvalue weighted by molar-refractivity contribution is 5.72. The van der Waals surface area contributed by atoms with Crippen molar-refractivity contribution in [2.45, 2.75) is 157 Å². The van der Waals surface area contributed by atoms with Gasteiger partial charge >= 0.3 is 0 Å². The number of rotatable bonds is 20. The molecular formula is C100H123N19O6. The van der Waals surface area contributed by atoms with Crippen LogP contribution in [0, 0.1) is 29.6 Å². The van der Waals surface area contributed by atoms with Crippen molar-refractivity contribution in [1.82, 2.24) is 70.0 Å². The summed E-state index contributed by atoms with van der Waals surface area (Å²) in [5.41, 5.74) is 17.5. The first kappa shape index (κ1) is 89.1. The molecule has 6 aliphatic rings. The number of likely N-dealkylation sites (N-methyl/N-ethyl adjacent to an activating group) is 3. The molecule has 1 aliphatic heterocycles. The number of piperazine rings is 1. The third-order valence-electron chi connectivity index (χ3n) is 24.6. The third kappa shape index (κ3) is 22.7. The Hall–Kier alpha value is -12.2. The summed E-state index contributed by atoms with van der Waals surface area (Å²) in [5, 5.41) is 70.5. The lowest BCUT2D eigenvalue weighted by atomic mass is 9.88. The van der Waals surface area contributed by atoms with Crippen LogP contribution in [0.1, 0.15) is 141 Å². The van der Waals surface area contributed by atoms with Crippen molar-refractivity contribution in [2.24, 2.45) is 29.6 Å². The van der Waals surface area contributed by atoms with Gasteiger partial charge in [0.1, 0.15) is 57.8 Å². The smallest absolute Gasteiger partial charge is 0.165 e. The fraction of sp³-hybridized carbons (Fsp3) is 0.410. The highest BCUT2D eigenvalue weighted by Crippen LogP contribution is 2.41. The molecule has 1 fully saturated rings. The van der Waals surface area contributed by atoms with Crippen LogP contribution in [0.2, 0.25) is 0 Å². The molecule has 25 nitrogen and oxygen atoms in total. The molecule has 6 aromatic heterocycles. The molecule has 0 radical (unpaired) electrons. The van der Waals surface area contributed by atoms with Crippen LogP contribution in [0.5, 0.6) is 28.7 Å². The molecule has 1 saturated heterocycles. The maximum Gasteiger partial charge on any atom is 0.165 e. The summed E-state index contributed by atoms with van der Waals surface area (Å²) in [6.45, 7) is 21.0. The van der Waals surface area contributed by atoms with Crippen LogP contribution in [0.15, 0.2) is 164 Å². The number of phenols is 5. The number of nitrogens with zero attached hydrogens (tertiary/aromatic N) is 15. The summed E-state index contributed by atoms with van der Waals surface area (Å²) >= 11 is 0. The Bertz CT molecular complexity index is 5590. The van der Waals surface area contributed by atoms with Gasteiger partial charge in [-0.1, -0.05) is 126 Å². The SMILES string of the molecule is CC(O)CNc1nc(-c2ccccc2O)nc2c1CCC(C)C2.CC1CCc2c(nc(-c3ccccc3O)nc2N(C)Cc2ccccc2)C1.CC1CCc2c(nc(-c3ccccc3O)nc2N2CCN(C)CC2)C1.CC1CCc2c(nc(-c3ccccc3O)nc2NCCc2cnc[nH]2)C1.CNCCN(C)c1nc(-c2ccccc2O)nc2c1CCC(C)C2. The quantitative estimate of drug-likeness (QED) is 0.0339. The van der Waals surface area contributed by atoms with Crippen molar-refractivity contribution in [3.8, 4) is 85.7 Å². The molecule has 6 atom stereocenters. The van der Waals surface area contributed by atoms with Gasteiger partial charge < -0.3 is 71.2 Å². The number of nitrogens with one attached hydrogen (secondary N) is 4. The minimum atomic E-state index is -0.447. The average Bonchev–Trinajstić information content (AvgIpc) is 1.72. The number of hydrogen-bond donors (Lipinski definition) is 10. The maximum absolute atomic E-state index is 10.3. The monoisotopic (exact) mass is 1690 g/mol. The summed E-state index contributed by atoms with van der Waals surface area (Å²) in [5.74, 6) is 11.9. The highest BCUT2D eigenvalue weighted by Gasteiger charge is 2.32. The van der Waals surface area contributed by atoms with E-state index in [4.69, 9.17) is 44.9 Å².